The Labute approximate surface area is 155 Å². The van der Waals surface area contributed by atoms with Crippen LogP contribution in [-0.4, -0.2) is 16.5 Å². The smallest absolute Gasteiger partial charge is 0.227 e. The molecule has 0 aliphatic carbocycles. The topological polar surface area (TPSA) is 41.1 Å². The Kier molecular flexibility index (Phi) is 5.84. The van der Waals surface area contributed by atoms with Crippen LogP contribution in [0.4, 0.5) is 11.8 Å². The van der Waals surface area contributed by atoms with Gasteiger partial charge in [0.15, 0.2) is 0 Å². The zero-order valence-corrected chi connectivity index (χ0v) is 15.7. The first-order valence-electron chi connectivity index (χ1n) is 9.08. The standard InChI is InChI=1S/C22H26N4/c1-4-26(16-20-8-6-5-7-9-20)22-24-18(3)14-21(25-22)23-15-19-12-10-17(2)11-13-19/h5-14H,4,15-16H2,1-3H3,(H,23,24,25). The van der Waals surface area contributed by atoms with Crippen molar-refractivity contribution < 1.29 is 0 Å². The van der Waals surface area contributed by atoms with Crippen LogP contribution in [-0.2, 0) is 13.1 Å². The Balaban J connectivity index is 1.74. The van der Waals surface area contributed by atoms with Crippen molar-refractivity contribution in [1.29, 1.82) is 0 Å². The van der Waals surface area contributed by atoms with Crippen LogP contribution in [0.2, 0.25) is 0 Å². The van der Waals surface area contributed by atoms with E-state index in [1.807, 2.05) is 19.1 Å². The van der Waals surface area contributed by atoms with Gasteiger partial charge in [0.05, 0.1) is 0 Å². The number of aryl methyl sites for hydroxylation is 2. The summed E-state index contributed by atoms with van der Waals surface area (Å²) in [7, 11) is 0. The average Bonchev–Trinajstić information content (AvgIpc) is 2.66. The predicted molar refractivity (Wildman–Crippen MR) is 108 cm³/mol. The Morgan fingerprint density at radius 2 is 1.62 bits per heavy atom. The SMILES string of the molecule is CCN(Cc1ccccc1)c1nc(C)cc(NCc2ccc(C)cc2)n1. The second-order valence-corrected chi connectivity index (χ2v) is 6.53. The Morgan fingerprint density at radius 1 is 0.885 bits per heavy atom. The number of benzene rings is 2. The van der Waals surface area contributed by atoms with Crippen molar-refractivity contribution in [1.82, 2.24) is 9.97 Å². The molecular weight excluding hydrogens is 320 g/mol. The van der Waals surface area contributed by atoms with Crippen molar-refractivity contribution in [3.63, 3.8) is 0 Å². The molecule has 0 radical (unpaired) electrons. The third kappa shape index (κ3) is 4.82. The van der Waals surface area contributed by atoms with E-state index in [1.54, 1.807) is 0 Å². The summed E-state index contributed by atoms with van der Waals surface area (Å²) in [4.78, 5) is 11.6. The summed E-state index contributed by atoms with van der Waals surface area (Å²) in [6, 6.07) is 21.0. The summed E-state index contributed by atoms with van der Waals surface area (Å²) in [6.45, 7) is 8.66. The lowest BCUT2D eigenvalue weighted by Gasteiger charge is -2.22. The van der Waals surface area contributed by atoms with Crippen LogP contribution in [0.1, 0.15) is 29.3 Å². The molecule has 0 saturated carbocycles. The largest absolute Gasteiger partial charge is 0.366 e. The first-order valence-corrected chi connectivity index (χ1v) is 9.08. The molecule has 0 aliphatic rings. The molecular formula is C22H26N4. The molecule has 0 unspecified atom stereocenters. The molecule has 0 spiro atoms. The lowest BCUT2D eigenvalue weighted by atomic mass is 10.1. The fourth-order valence-corrected chi connectivity index (χ4v) is 2.81. The minimum absolute atomic E-state index is 0.751. The molecule has 0 atom stereocenters. The third-order valence-corrected chi connectivity index (χ3v) is 4.32. The Bertz CT molecular complexity index is 829. The molecule has 1 heterocycles. The van der Waals surface area contributed by atoms with Gasteiger partial charge in [0, 0.05) is 31.4 Å². The first-order chi connectivity index (χ1) is 12.6. The predicted octanol–water partition coefficient (Wildman–Crippen LogP) is 4.73. The highest BCUT2D eigenvalue weighted by Gasteiger charge is 2.10. The number of hydrogen-bond acceptors (Lipinski definition) is 4. The van der Waals surface area contributed by atoms with E-state index in [9.17, 15) is 0 Å². The zero-order valence-electron chi connectivity index (χ0n) is 15.7. The highest BCUT2D eigenvalue weighted by atomic mass is 15.3. The number of anilines is 2. The van der Waals surface area contributed by atoms with Gasteiger partial charge in [-0.25, -0.2) is 4.98 Å². The van der Waals surface area contributed by atoms with Gasteiger partial charge in [-0.1, -0.05) is 60.2 Å². The maximum absolute atomic E-state index is 4.74. The van der Waals surface area contributed by atoms with Crippen LogP contribution in [0.3, 0.4) is 0 Å². The van der Waals surface area contributed by atoms with E-state index in [-0.39, 0.29) is 0 Å². The van der Waals surface area contributed by atoms with Gasteiger partial charge in [-0.15, -0.1) is 0 Å². The van der Waals surface area contributed by atoms with Crippen molar-refractivity contribution in [2.45, 2.75) is 33.9 Å². The molecule has 0 aliphatic heterocycles. The van der Waals surface area contributed by atoms with Gasteiger partial charge >= 0.3 is 0 Å². The second-order valence-electron chi connectivity index (χ2n) is 6.53. The van der Waals surface area contributed by atoms with Crippen LogP contribution >= 0.6 is 0 Å². The van der Waals surface area contributed by atoms with E-state index in [0.717, 1.165) is 37.1 Å². The number of nitrogens with zero attached hydrogens (tertiary/aromatic N) is 3. The van der Waals surface area contributed by atoms with Crippen LogP contribution in [0, 0.1) is 13.8 Å². The van der Waals surface area contributed by atoms with Crippen molar-refractivity contribution in [2.75, 3.05) is 16.8 Å². The second kappa shape index (κ2) is 8.48. The van der Waals surface area contributed by atoms with Gasteiger partial charge in [0.2, 0.25) is 5.95 Å². The molecule has 2 aromatic carbocycles. The molecule has 26 heavy (non-hydrogen) atoms. The first kappa shape index (κ1) is 17.9. The minimum Gasteiger partial charge on any atom is -0.366 e. The summed E-state index contributed by atoms with van der Waals surface area (Å²) in [5, 5.41) is 3.43. The van der Waals surface area contributed by atoms with Crippen molar-refractivity contribution >= 4 is 11.8 Å². The van der Waals surface area contributed by atoms with Gasteiger partial charge in [-0.2, -0.15) is 4.98 Å². The maximum atomic E-state index is 4.74. The molecule has 3 rings (SSSR count). The Hall–Kier alpha value is -2.88. The van der Waals surface area contributed by atoms with E-state index in [4.69, 9.17) is 4.98 Å². The number of nitrogens with one attached hydrogen (secondary N) is 1. The maximum Gasteiger partial charge on any atom is 0.227 e. The van der Waals surface area contributed by atoms with Crippen molar-refractivity contribution in [3.05, 3.63) is 83.0 Å². The van der Waals surface area contributed by atoms with Crippen LogP contribution < -0.4 is 10.2 Å². The molecule has 0 saturated heterocycles. The summed E-state index contributed by atoms with van der Waals surface area (Å²) in [6.07, 6.45) is 0. The summed E-state index contributed by atoms with van der Waals surface area (Å²) in [5.74, 6) is 1.63. The van der Waals surface area contributed by atoms with Gasteiger partial charge < -0.3 is 10.2 Å². The summed E-state index contributed by atoms with van der Waals surface area (Å²) < 4.78 is 0. The molecule has 1 N–H and O–H groups in total. The minimum atomic E-state index is 0.751. The zero-order chi connectivity index (χ0) is 18.4. The fraction of sp³-hybridized carbons (Fsp3) is 0.273. The summed E-state index contributed by atoms with van der Waals surface area (Å²) >= 11 is 0. The lowest BCUT2D eigenvalue weighted by Crippen LogP contribution is -2.24. The molecule has 0 amide bonds. The molecule has 0 bridgehead atoms. The third-order valence-electron chi connectivity index (χ3n) is 4.32. The highest BCUT2D eigenvalue weighted by Crippen LogP contribution is 2.17. The molecule has 134 valence electrons. The lowest BCUT2D eigenvalue weighted by molar-refractivity contribution is 0.787. The van der Waals surface area contributed by atoms with Gasteiger partial charge in [0.25, 0.3) is 0 Å². The van der Waals surface area contributed by atoms with Crippen LogP contribution in [0.5, 0.6) is 0 Å². The fourth-order valence-electron chi connectivity index (χ4n) is 2.81. The van der Waals surface area contributed by atoms with E-state index >= 15 is 0 Å². The van der Waals surface area contributed by atoms with Crippen molar-refractivity contribution in [3.8, 4) is 0 Å². The number of rotatable bonds is 7. The molecule has 4 heteroatoms. The number of aromatic nitrogens is 2. The monoisotopic (exact) mass is 346 g/mol. The molecule has 0 fully saturated rings. The molecule has 3 aromatic rings. The van der Waals surface area contributed by atoms with Crippen molar-refractivity contribution in [2.24, 2.45) is 0 Å². The van der Waals surface area contributed by atoms with E-state index in [0.29, 0.717) is 0 Å². The van der Waals surface area contributed by atoms with Gasteiger partial charge in [-0.05, 0) is 31.9 Å². The van der Waals surface area contributed by atoms with E-state index in [1.165, 1.54) is 16.7 Å². The van der Waals surface area contributed by atoms with Gasteiger partial charge in [-0.3, -0.25) is 0 Å². The van der Waals surface area contributed by atoms with Gasteiger partial charge in [0.1, 0.15) is 5.82 Å². The Morgan fingerprint density at radius 3 is 2.31 bits per heavy atom. The summed E-state index contributed by atoms with van der Waals surface area (Å²) in [5.41, 5.74) is 4.74. The van der Waals surface area contributed by atoms with E-state index < -0.39 is 0 Å². The number of hydrogen-bond donors (Lipinski definition) is 1. The molecule has 4 nitrogen and oxygen atoms in total. The van der Waals surface area contributed by atoms with E-state index in [2.05, 4.69) is 77.6 Å². The average molecular weight is 346 g/mol. The molecule has 1 aromatic heterocycles. The quantitative estimate of drug-likeness (QED) is 0.671. The highest BCUT2D eigenvalue weighted by molar-refractivity contribution is 5.44. The van der Waals surface area contributed by atoms with Crippen LogP contribution in [0.25, 0.3) is 0 Å². The normalized spacial score (nSPS) is 10.6. The van der Waals surface area contributed by atoms with Crippen LogP contribution in [0.15, 0.2) is 60.7 Å².